The first-order valence-corrected chi connectivity index (χ1v) is 19.3. The number of β-lactam (4-membered cyclic amide) rings is 1. The van der Waals surface area contributed by atoms with Crippen molar-refractivity contribution in [3.8, 4) is 0 Å². The van der Waals surface area contributed by atoms with Crippen molar-refractivity contribution in [3.05, 3.63) is 131 Å². The fourth-order valence-corrected chi connectivity index (χ4v) is 13.1. The number of nitrogens with zero attached hydrogens (tertiary/aromatic N) is 2. The van der Waals surface area contributed by atoms with E-state index in [4.69, 9.17) is 17.0 Å². The molecule has 7 nitrogen and oxygen atoms in total. The number of likely N-dealkylation sites (tertiary alicyclic amines) is 1. The van der Waals surface area contributed by atoms with Gasteiger partial charge < -0.3 is 4.74 Å². The fraction of sp³-hybridized carbons (Fsp3) is 0.222. The molecule has 0 aromatic heterocycles. The van der Waals surface area contributed by atoms with Crippen molar-refractivity contribution in [2.75, 3.05) is 5.75 Å². The van der Waals surface area contributed by atoms with Gasteiger partial charge in [0.15, 0.2) is 0 Å². The Morgan fingerprint density at radius 2 is 1.38 bits per heavy atom. The van der Waals surface area contributed by atoms with E-state index < -0.39 is 23.2 Å². The predicted octanol–water partition coefficient (Wildman–Crippen LogP) is 6.97. The van der Waals surface area contributed by atoms with Crippen molar-refractivity contribution in [3.63, 3.8) is 0 Å². The number of thioether (sulfide) groups is 2. The average molecular weight is 703 g/mol. The van der Waals surface area contributed by atoms with Crippen LogP contribution >= 0.6 is 42.6 Å². The highest BCUT2D eigenvalue weighted by Crippen LogP contribution is 2.52. The van der Waals surface area contributed by atoms with Crippen LogP contribution in [0.5, 0.6) is 0 Å². The zero-order valence-electron chi connectivity index (χ0n) is 26.2. The zero-order valence-corrected chi connectivity index (χ0v) is 29.6. The summed E-state index contributed by atoms with van der Waals surface area (Å²) in [5.74, 6) is -0.306. The smallest absolute Gasteiger partial charge is 0.356 e. The highest BCUT2D eigenvalue weighted by atomic mass is 32.2. The molecule has 47 heavy (non-hydrogen) atoms. The van der Waals surface area contributed by atoms with Crippen LogP contribution in [0.2, 0.25) is 0 Å². The molecule has 1 heterocycles. The van der Waals surface area contributed by atoms with Crippen LogP contribution in [0.4, 0.5) is 5.69 Å². The van der Waals surface area contributed by atoms with Crippen molar-refractivity contribution >= 4 is 85.1 Å². The van der Waals surface area contributed by atoms with Gasteiger partial charge in [-0.05, 0) is 45.3 Å². The third-order valence-electron chi connectivity index (χ3n) is 7.96. The van der Waals surface area contributed by atoms with Crippen molar-refractivity contribution < 1.29 is 19.2 Å². The van der Waals surface area contributed by atoms with Crippen molar-refractivity contribution in [2.24, 2.45) is 11.8 Å². The van der Waals surface area contributed by atoms with E-state index in [0.29, 0.717) is 9.09 Å². The molecule has 0 radical (unpaired) electrons. The van der Waals surface area contributed by atoms with Crippen LogP contribution in [-0.4, -0.2) is 41.8 Å². The van der Waals surface area contributed by atoms with Crippen LogP contribution < -0.4 is 15.9 Å². The van der Waals surface area contributed by atoms with Crippen LogP contribution in [0.3, 0.4) is 0 Å². The van der Waals surface area contributed by atoms with Crippen molar-refractivity contribution in [2.45, 2.75) is 32.8 Å². The van der Waals surface area contributed by atoms with Gasteiger partial charge in [0, 0.05) is 19.0 Å². The van der Waals surface area contributed by atoms with Gasteiger partial charge in [0.25, 0.3) is 5.69 Å². The lowest BCUT2D eigenvalue weighted by Crippen LogP contribution is -2.66. The Labute approximate surface area is 289 Å². The van der Waals surface area contributed by atoms with Gasteiger partial charge in [0.2, 0.25) is 5.91 Å². The third-order valence-corrected chi connectivity index (χ3v) is 15.0. The highest BCUT2D eigenvalue weighted by Gasteiger charge is 2.55. The fourth-order valence-electron chi connectivity index (χ4n) is 5.80. The standard InChI is InChI=1S/C36H35N2O5PS3/c1-4-46-36(45)47-34-31(25(2)3)32(39)37(34)33(35(40)43-24-26-20-22-27(23-21-26)38(41)42)44(28-14-8-5-9-15-28,29-16-10-6-11-17-29)30-18-12-7-13-19-30/h5-23,25,31,34H,4,24H2,1-3H3. The Kier molecular flexibility index (Phi) is 11.4. The summed E-state index contributed by atoms with van der Waals surface area (Å²) in [5.41, 5.74) is 0.820. The molecule has 2 atom stereocenters. The second kappa shape index (κ2) is 15.5. The maximum absolute atomic E-state index is 14.9. The van der Waals surface area contributed by atoms with Gasteiger partial charge in [-0.3, -0.25) is 19.8 Å². The largest absolute Gasteiger partial charge is 0.456 e. The van der Waals surface area contributed by atoms with E-state index in [1.807, 2.05) is 112 Å². The molecule has 1 fully saturated rings. The minimum Gasteiger partial charge on any atom is -0.456 e. The molecule has 0 spiro atoms. The molecule has 1 aliphatic rings. The third kappa shape index (κ3) is 7.11. The average Bonchev–Trinajstić information content (AvgIpc) is 3.08. The molecule has 0 bridgehead atoms. The zero-order chi connectivity index (χ0) is 33.6. The molecule has 11 heteroatoms. The summed E-state index contributed by atoms with van der Waals surface area (Å²) in [7, 11) is 0. The molecule has 4 aromatic carbocycles. The number of rotatable bonds is 11. The molecule has 242 valence electrons. The Bertz CT molecular complexity index is 1700. The molecule has 0 aliphatic carbocycles. The summed E-state index contributed by atoms with van der Waals surface area (Å²) in [5, 5.41) is 13.5. The van der Waals surface area contributed by atoms with E-state index in [2.05, 4.69) is 0 Å². The van der Waals surface area contributed by atoms with E-state index >= 15 is 0 Å². The number of hydrogen-bond donors (Lipinski definition) is 0. The maximum Gasteiger partial charge on any atom is 0.356 e. The summed E-state index contributed by atoms with van der Waals surface area (Å²) >= 11 is 8.75. The number of thiocarbonyl (C=S) groups is 1. The lowest BCUT2D eigenvalue weighted by molar-refractivity contribution is -0.384. The topological polar surface area (TPSA) is 89.8 Å². The van der Waals surface area contributed by atoms with E-state index in [9.17, 15) is 19.7 Å². The molecule has 1 aliphatic heterocycles. The quantitative estimate of drug-likeness (QED) is 0.0414. The van der Waals surface area contributed by atoms with Gasteiger partial charge in [0.05, 0.1) is 10.8 Å². The van der Waals surface area contributed by atoms with Gasteiger partial charge in [-0.2, -0.15) is 0 Å². The van der Waals surface area contributed by atoms with Crippen LogP contribution in [0.25, 0.3) is 0 Å². The van der Waals surface area contributed by atoms with Crippen LogP contribution in [0.1, 0.15) is 26.3 Å². The van der Waals surface area contributed by atoms with Gasteiger partial charge in [0.1, 0.15) is 20.9 Å². The van der Waals surface area contributed by atoms with E-state index in [-0.39, 0.29) is 35.5 Å². The number of nitro groups is 1. The predicted molar refractivity (Wildman–Crippen MR) is 200 cm³/mol. The second-order valence-electron chi connectivity index (χ2n) is 11.2. The van der Waals surface area contributed by atoms with Gasteiger partial charge in [-0.25, -0.2) is 4.79 Å². The van der Waals surface area contributed by atoms with Crippen molar-refractivity contribution in [1.82, 2.24) is 4.90 Å². The summed E-state index contributed by atoms with van der Waals surface area (Å²) < 4.78 is 6.81. The van der Waals surface area contributed by atoms with E-state index in [1.54, 1.807) is 28.8 Å². The highest BCUT2D eigenvalue weighted by molar-refractivity contribution is 8.47. The molecule has 1 saturated heterocycles. The maximum atomic E-state index is 14.9. The number of hydrogen-bond acceptors (Lipinski definition) is 8. The lowest BCUT2D eigenvalue weighted by Gasteiger charge is -2.50. The van der Waals surface area contributed by atoms with Crippen LogP contribution in [-0.2, 0) is 20.9 Å². The summed E-state index contributed by atoms with van der Waals surface area (Å²) in [4.78, 5) is 41.7. The van der Waals surface area contributed by atoms with Gasteiger partial charge in [-0.1, -0.05) is 136 Å². The molecular formula is C36H35N2O5PS3. The first-order valence-electron chi connectivity index (χ1n) is 15.2. The summed E-state index contributed by atoms with van der Waals surface area (Å²) in [6.45, 7) is 2.86. The number of esters is 1. The van der Waals surface area contributed by atoms with Crippen molar-refractivity contribution in [1.29, 1.82) is 0 Å². The van der Waals surface area contributed by atoms with E-state index in [1.165, 1.54) is 23.9 Å². The minimum absolute atomic E-state index is 0.0148. The molecule has 4 aromatic rings. The summed E-state index contributed by atoms with van der Waals surface area (Å²) in [6.07, 6.45) is 0. The van der Waals surface area contributed by atoms with E-state index in [0.717, 1.165) is 21.7 Å². The number of benzene rings is 4. The van der Waals surface area contributed by atoms with Crippen LogP contribution in [0.15, 0.2) is 115 Å². The van der Waals surface area contributed by atoms with Crippen LogP contribution in [0, 0.1) is 22.0 Å². The Balaban J connectivity index is 1.81. The molecule has 0 saturated carbocycles. The van der Waals surface area contributed by atoms with Gasteiger partial charge in [-0.15, -0.1) is 11.8 Å². The van der Waals surface area contributed by atoms with Gasteiger partial charge >= 0.3 is 5.97 Å². The minimum atomic E-state index is -3.08. The Hall–Kier alpha value is -3.69. The number of ether oxygens (including phenoxy) is 1. The molecule has 5 rings (SSSR count). The number of amides is 1. The number of carbonyl (C=O) groups is 2. The molecule has 1 amide bonds. The number of carbonyl (C=O) groups excluding carboxylic acids is 2. The second-order valence-corrected chi connectivity index (χ2v) is 18.1. The lowest BCUT2D eigenvalue weighted by atomic mass is 9.87. The first kappa shape index (κ1) is 34.6. The molecule has 0 N–H and O–H groups in total. The summed E-state index contributed by atoms with van der Waals surface area (Å²) in [6, 6.07) is 35.5. The molecule has 2 unspecified atom stereocenters. The SMILES string of the molecule is CCSC(=S)SC1C(C(C)C)C(=O)N1C(C(=O)OCc1ccc([N+](=O)[O-])cc1)=P(c1ccccc1)(c1ccccc1)c1ccccc1. The number of non-ortho nitro benzene ring substituents is 1. The molecular weight excluding hydrogens is 668 g/mol. The normalized spacial score (nSPS) is 16.0. The Morgan fingerprint density at radius 3 is 1.81 bits per heavy atom. The monoisotopic (exact) mass is 702 g/mol. The number of nitro benzene ring substituents is 1. The Morgan fingerprint density at radius 1 is 0.894 bits per heavy atom. The first-order chi connectivity index (χ1) is 22.7.